The first kappa shape index (κ1) is 11.0. The summed E-state index contributed by atoms with van der Waals surface area (Å²) in [5.74, 6) is -0.242. The summed E-state index contributed by atoms with van der Waals surface area (Å²) in [5, 5.41) is 0. The fraction of sp³-hybridized carbons (Fsp3) is 0.467. The van der Waals surface area contributed by atoms with Crippen molar-refractivity contribution in [1.29, 1.82) is 0 Å². The molecule has 0 radical (unpaired) electrons. The molecular formula is C15H18O2. The van der Waals surface area contributed by atoms with Crippen molar-refractivity contribution in [2.75, 3.05) is 13.2 Å². The van der Waals surface area contributed by atoms with E-state index < -0.39 is 0 Å². The van der Waals surface area contributed by atoms with Crippen LogP contribution in [0.2, 0.25) is 0 Å². The Hall–Kier alpha value is -1.12. The van der Waals surface area contributed by atoms with Crippen molar-refractivity contribution in [3.8, 4) is 0 Å². The Kier molecular flexibility index (Phi) is 3.00. The Labute approximate surface area is 102 Å². The van der Waals surface area contributed by atoms with E-state index in [-0.39, 0.29) is 5.79 Å². The molecule has 1 aliphatic carbocycles. The molecule has 2 nitrogen and oxygen atoms in total. The van der Waals surface area contributed by atoms with Gasteiger partial charge in [-0.25, -0.2) is 0 Å². The summed E-state index contributed by atoms with van der Waals surface area (Å²) < 4.78 is 11.5. The molecule has 0 atom stereocenters. The van der Waals surface area contributed by atoms with Crippen LogP contribution in [0.3, 0.4) is 0 Å². The SMILES string of the molecule is C(=C1CCC2(CC1)OCCO2)c1ccccc1. The van der Waals surface area contributed by atoms with Crippen molar-refractivity contribution in [2.24, 2.45) is 0 Å². The molecule has 1 heterocycles. The van der Waals surface area contributed by atoms with Crippen LogP contribution in [0.4, 0.5) is 0 Å². The maximum atomic E-state index is 5.73. The van der Waals surface area contributed by atoms with Crippen molar-refractivity contribution in [3.63, 3.8) is 0 Å². The van der Waals surface area contributed by atoms with Gasteiger partial charge in [-0.3, -0.25) is 0 Å². The predicted octanol–water partition coefficient (Wildman–Crippen LogP) is 3.39. The van der Waals surface area contributed by atoms with Crippen LogP contribution in [0.5, 0.6) is 0 Å². The van der Waals surface area contributed by atoms with Crippen molar-refractivity contribution in [1.82, 2.24) is 0 Å². The van der Waals surface area contributed by atoms with Gasteiger partial charge in [0, 0.05) is 12.8 Å². The van der Waals surface area contributed by atoms with E-state index in [1.807, 2.05) is 0 Å². The van der Waals surface area contributed by atoms with Gasteiger partial charge in [0.15, 0.2) is 5.79 Å². The number of allylic oxidation sites excluding steroid dienone is 1. The van der Waals surface area contributed by atoms with Gasteiger partial charge in [-0.05, 0) is 18.4 Å². The van der Waals surface area contributed by atoms with E-state index in [9.17, 15) is 0 Å². The van der Waals surface area contributed by atoms with Crippen LogP contribution >= 0.6 is 0 Å². The highest BCUT2D eigenvalue weighted by Gasteiger charge is 2.38. The predicted molar refractivity (Wildman–Crippen MR) is 67.5 cm³/mol. The van der Waals surface area contributed by atoms with Crippen molar-refractivity contribution < 1.29 is 9.47 Å². The third-order valence-electron chi connectivity index (χ3n) is 3.64. The molecule has 2 aliphatic rings. The highest BCUT2D eigenvalue weighted by Crippen LogP contribution is 2.38. The zero-order valence-corrected chi connectivity index (χ0v) is 10.0. The monoisotopic (exact) mass is 230 g/mol. The Morgan fingerprint density at radius 1 is 0.941 bits per heavy atom. The number of hydrogen-bond donors (Lipinski definition) is 0. The maximum Gasteiger partial charge on any atom is 0.169 e. The number of ether oxygens (including phenoxy) is 2. The third kappa shape index (κ3) is 2.43. The average Bonchev–Trinajstić information content (AvgIpc) is 2.83. The molecule has 1 aromatic carbocycles. The molecule has 0 N–H and O–H groups in total. The van der Waals surface area contributed by atoms with Gasteiger partial charge in [0.05, 0.1) is 13.2 Å². The fourth-order valence-corrected chi connectivity index (χ4v) is 2.67. The van der Waals surface area contributed by atoms with E-state index in [1.54, 1.807) is 0 Å². The van der Waals surface area contributed by atoms with Crippen molar-refractivity contribution in [2.45, 2.75) is 31.5 Å². The molecule has 1 saturated carbocycles. The van der Waals surface area contributed by atoms with Crippen LogP contribution in [0, 0.1) is 0 Å². The minimum Gasteiger partial charge on any atom is -0.348 e. The highest BCUT2D eigenvalue weighted by atomic mass is 16.7. The molecule has 0 bridgehead atoms. The summed E-state index contributed by atoms with van der Waals surface area (Å²) >= 11 is 0. The minimum absolute atomic E-state index is 0.242. The molecule has 17 heavy (non-hydrogen) atoms. The lowest BCUT2D eigenvalue weighted by molar-refractivity contribution is -0.171. The molecule has 0 amide bonds. The van der Waals surface area contributed by atoms with Gasteiger partial charge in [0.1, 0.15) is 0 Å². The largest absolute Gasteiger partial charge is 0.348 e. The summed E-state index contributed by atoms with van der Waals surface area (Å²) in [5.41, 5.74) is 2.81. The fourth-order valence-electron chi connectivity index (χ4n) is 2.67. The van der Waals surface area contributed by atoms with Crippen LogP contribution in [-0.4, -0.2) is 19.0 Å². The molecule has 90 valence electrons. The first-order valence-corrected chi connectivity index (χ1v) is 6.39. The summed E-state index contributed by atoms with van der Waals surface area (Å²) in [6.07, 6.45) is 6.50. The minimum atomic E-state index is -0.242. The van der Waals surface area contributed by atoms with Gasteiger partial charge in [-0.1, -0.05) is 42.0 Å². The Morgan fingerprint density at radius 2 is 1.59 bits per heavy atom. The molecule has 0 unspecified atom stereocenters. The van der Waals surface area contributed by atoms with Gasteiger partial charge in [-0.2, -0.15) is 0 Å². The summed E-state index contributed by atoms with van der Waals surface area (Å²) in [6.45, 7) is 1.52. The Balaban J connectivity index is 1.67. The smallest absolute Gasteiger partial charge is 0.169 e. The summed E-state index contributed by atoms with van der Waals surface area (Å²) in [7, 11) is 0. The normalized spacial score (nSPS) is 22.9. The van der Waals surface area contributed by atoms with Crippen molar-refractivity contribution >= 4 is 6.08 Å². The van der Waals surface area contributed by atoms with Gasteiger partial charge in [0.25, 0.3) is 0 Å². The van der Waals surface area contributed by atoms with E-state index in [2.05, 4.69) is 36.4 Å². The lowest BCUT2D eigenvalue weighted by Crippen LogP contribution is -2.33. The molecule has 2 heteroatoms. The van der Waals surface area contributed by atoms with E-state index in [0.29, 0.717) is 0 Å². The molecule has 1 aromatic rings. The van der Waals surface area contributed by atoms with Gasteiger partial charge in [0.2, 0.25) is 0 Å². The molecule has 1 aliphatic heterocycles. The zero-order chi connectivity index (χ0) is 11.6. The van der Waals surface area contributed by atoms with Crippen LogP contribution in [0.15, 0.2) is 35.9 Å². The van der Waals surface area contributed by atoms with Crippen LogP contribution < -0.4 is 0 Å². The zero-order valence-electron chi connectivity index (χ0n) is 10.0. The second kappa shape index (κ2) is 4.63. The van der Waals surface area contributed by atoms with Gasteiger partial charge in [-0.15, -0.1) is 0 Å². The molecule has 1 spiro atoms. The lowest BCUT2D eigenvalue weighted by Gasteiger charge is -2.32. The van der Waals surface area contributed by atoms with Crippen molar-refractivity contribution in [3.05, 3.63) is 41.5 Å². The molecule has 2 fully saturated rings. The second-order valence-electron chi connectivity index (χ2n) is 4.82. The van der Waals surface area contributed by atoms with E-state index in [1.165, 1.54) is 11.1 Å². The lowest BCUT2D eigenvalue weighted by atomic mass is 9.88. The topological polar surface area (TPSA) is 18.5 Å². The second-order valence-corrected chi connectivity index (χ2v) is 4.82. The highest BCUT2D eigenvalue weighted by molar-refractivity contribution is 5.52. The van der Waals surface area contributed by atoms with E-state index >= 15 is 0 Å². The Morgan fingerprint density at radius 3 is 2.24 bits per heavy atom. The molecule has 3 rings (SSSR count). The molecule has 0 aromatic heterocycles. The van der Waals surface area contributed by atoms with Crippen LogP contribution in [0.1, 0.15) is 31.2 Å². The Bertz CT molecular complexity index is 390. The standard InChI is InChI=1S/C15H18O2/c1-2-4-13(5-3-1)12-14-6-8-15(9-7-14)16-10-11-17-15/h1-5,12H,6-11H2. The first-order chi connectivity index (χ1) is 8.36. The van der Waals surface area contributed by atoms with Crippen LogP contribution in [0.25, 0.3) is 6.08 Å². The van der Waals surface area contributed by atoms with Crippen LogP contribution in [-0.2, 0) is 9.47 Å². The third-order valence-corrected chi connectivity index (χ3v) is 3.64. The van der Waals surface area contributed by atoms with Gasteiger partial charge < -0.3 is 9.47 Å². The maximum absolute atomic E-state index is 5.73. The van der Waals surface area contributed by atoms with E-state index in [0.717, 1.165) is 38.9 Å². The summed E-state index contributed by atoms with van der Waals surface area (Å²) in [6, 6.07) is 10.5. The molecule has 1 saturated heterocycles. The van der Waals surface area contributed by atoms with E-state index in [4.69, 9.17) is 9.47 Å². The summed E-state index contributed by atoms with van der Waals surface area (Å²) in [4.78, 5) is 0. The molecular weight excluding hydrogens is 212 g/mol. The number of rotatable bonds is 1. The average molecular weight is 230 g/mol. The number of hydrogen-bond acceptors (Lipinski definition) is 2. The number of benzene rings is 1. The van der Waals surface area contributed by atoms with Gasteiger partial charge >= 0.3 is 0 Å². The first-order valence-electron chi connectivity index (χ1n) is 6.39. The quantitative estimate of drug-likeness (QED) is 0.736.